The minimum atomic E-state index is -3.74. The minimum absolute atomic E-state index is 0.107. The molecule has 0 saturated heterocycles. The molecule has 0 atom stereocenters. The Kier molecular flexibility index (Phi) is 7.43. The molecule has 32 heavy (non-hydrogen) atoms. The summed E-state index contributed by atoms with van der Waals surface area (Å²) in [5.41, 5.74) is 2.00. The number of amides is 1. The first-order chi connectivity index (χ1) is 15.2. The van der Waals surface area contributed by atoms with Crippen molar-refractivity contribution in [2.75, 3.05) is 18.0 Å². The molecule has 3 rings (SSSR count). The highest BCUT2D eigenvalue weighted by Gasteiger charge is 2.26. The largest absolute Gasteiger partial charge is 0.302 e. The lowest BCUT2D eigenvalue weighted by Gasteiger charge is -2.24. The van der Waals surface area contributed by atoms with Gasteiger partial charge in [0.15, 0.2) is 0 Å². The number of hydrogen-bond donors (Lipinski definition) is 0. The first-order valence-corrected chi connectivity index (χ1v) is 12.6. The van der Waals surface area contributed by atoms with Crippen LogP contribution in [0.4, 0.5) is 10.1 Å². The average molecular weight is 476 g/mol. The third-order valence-corrected chi connectivity index (χ3v) is 8.14. The number of hydrogen-bond acceptors (Lipinski definition) is 5. The van der Waals surface area contributed by atoms with Crippen molar-refractivity contribution in [2.24, 2.45) is 0 Å². The Hall–Kier alpha value is -2.62. The summed E-state index contributed by atoms with van der Waals surface area (Å²) in [5, 5.41) is 2.74. The van der Waals surface area contributed by atoms with Crippen molar-refractivity contribution < 1.29 is 17.6 Å². The van der Waals surface area contributed by atoms with Gasteiger partial charge in [0, 0.05) is 29.7 Å². The standard InChI is InChI=1S/C23H26FN3O3S2/c1-5-26(6-2)32(29,30)22-13-18(8-7-16(22)3)23(28)27(14-20-15-31-17(4)25-20)21-11-9-19(24)10-12-21/h7-13,15H,5-6,14H2,1-4H3. The van der Waals surface area contributed by atoms with Crippen LogP contribution >= 0.6 is 11.3 Å². The van der Waals surface area contributed by atoms with Gasteiger partial charge in [0.2, 0.25) is 10.0 Å². The van der Waals surface area contributed by atoms with Crippen LogP contribution in [0.1, 0.15) is 40.5 Å². The summed E-state index contributed by atoms with van der Waals surface area (Å²) in [4.78, 5) is 19.6. The van der Waals surface area contributed by atoms with Crippen LogP contribution in [0.3, 0.4) is 0 Å². The lowest BCUT2D eigenvalue weighted by atomic mass is 10.1. The Morgan fingerprint density at radius 2 is 1.72 bits per heavy atom. The molecule has 1 heterocycles. The van der Waals surface area contributed by atoms with Gasteiger partial charge in [-0.1, -0.05) is 19.9 Å². The second-order valence-electron chi connectivity index (χ2n) is 7.30. The van der Waals surface area contributed by atoms with Crippen LogP contribution in [0.5, 0.6) is 0 Å². The van der Waals surface area contributed by atoms with E-state index in [1.54, 1.807) is 32.9 Å². The Morgan fingerprint density at radius 3 is 2.28 bits per heavy atom. The molecular weight excluding hydrogens is 449 g/mol. The topological polar surface area (TPSA) is 70.6 Å². The summed E-state index contributed by atoms with van der Waals surface area (Å²) in [6, 6.07) is 10.3. The minimum Gasteiger partial charge on any atom is -0.302 e. The van der Waals surface area contributed by atoms with Crippen molar-refractivity contribution in [3.05, 3.63) is 75.5 Å². The number of anilines is 1. The maximum atomic E-state index is 13.5. The maximum Gasteiger partial charge on any atom is 0.258 e. The van der Waals surface area contributed by atoms with E-state index >= 15 is 0 Å². The van der Waals surface area contributed by atoms with E-state index in [1.165, 1.54) is 50.9 Å². The van der Waals surface area contributed by atoms with Gasteiger partial charge in [0.05, 0.1) is 22.1 Å². The van der Waals surface area contributed by atoms with Gasteiger partial charge in [-0.2, -0.15) is 4.31 Å². The molecule has 3 aromatic rings. The summed E-state index contributed by atoms with van der Waals surface area (Å²) < 4.78 is 41.1. The van der Waals surface area contributed by atoms with E-state index < -0.39 is 21.7 Å². The van der Waals surface area contributed by atoms with E-state index in [0.717, 1.165) is 5.01 Å². The number of thiazole rings is 1. The summed E-state index contributed by atoms with van der Waals surface area (Å²) in [5.74, 6) is -0.799. The van der Waals surface area contributed by atoms with E-state index in [9.17, 15) is 17.6 Å². The number of rotatable bonds is 8. The Bertz CT molecular complexity index is 1200. The third kappa shape index (κ3) is 5.06. The van der Waals surface area contributed by atoms with Crippen molar-refractivity contribution in [1.82, 2.24) is 9.29 Å². The fourth-order valence-electron chi connectivity index (χ4n) is 3.41. The van der Waals surface area contributed by atoms with Gasteiger partial charge in [-0.05, 0) is 55.8 Å². The number of nitrogens with zero attached hydrogens (tertiary/aromatic N) is 3. The van der Waals surface area contributed by atoms with Crippen molar-refractivity contribution in [1.29, 1.82) is 0 Å². The number of carbonyl (C=O) groups is 1. The number of aryl methyl sites for hydroxylation is 2. The number of aromatic nitrogens is 1. The number of benzene rings is 2. The fourth-order valence-corrected chi connectivity index (χ4v) is 5.73. The maximum absolute atomic E-state index is 13.5. The molecule has 0 unspecified atom stereocenters. The highest BCUT2D eigenvalue weighted by molar-refractivity contribution is 7.89. The van der Waals surface area contributed by atoms with Crippen LogP contribution in [0.25, 0.3) is 0 Å². The average Bonchev–Trinajstić information content (AvgIpc) is 3.18. The number of carbonyl (C=O) groups excluding carboxylic acids is 1. The molecule has 170 valence electrons. The third-order valence-electron chi connectivity index (χ3n) is 5.13. The highest BCUT2D eigenvalue weighted by Crippen LogP contribution is 2.25. The van der Waals surface area contributed by atoms with Gasteiger partial charge in [0.25, 0.3) is 5.91 Å². The second-order valence-corrected chi connectivity index (χ2v) is 10.3. The zero-order valence-electron chi connectivity index (χ0n) is 18.5. The number of halogens is 1. The van der Waals surface area contributed by atoms with E-state index in [4.69, 9.17) is 0 Å². The molecule has 0 aliphatic rings. The zero-order chi connectivity index (χ0) is 23.5. The van der Waals surface area contributed by atoms with Crippen LogP contribution in [0.2, 0.25) is 0 Å². The fraction of sp³-hybridized carbons (Fsp3) is 0.304. The molecule has 0 fully saturated rings. The van der Waals surface area contributed by atoms with Crippen LogP contribution in [-0.4, -0.2) is 36.7 Å². The van der Waals surface area contributed by atoms with Gasteiger partial charge in [-0.15, -0.1) is 11.3 Å². The van der Waals surface area contributed by atoms with Crippen molar-refractivity contribution in [3.63, 3.8) is 0 Å². The molecule has 0 aliphatic heterocycles. The van der Waals surface area contributed by atoms with Crippen molar-refractivity contribution in [3.8, 4) is 0 Å². The van der Waals surface area contributed by atoms with E-state index in [2.05, 4.69) is 4.98 Å². The molecule has 0 bridgehead atoms. The van der Waals surface area contributed by atoms with Crippen LogP contribution in [0, 0.1) is 19.7 Å². The van der Waals surface area contributed by atoms with Gasteiger partial charge >= 0.3 is 0 Å². The van der Waals surface area contributed by atoms with E-state index in [1.807, 2.05) is 12.3 Å². The quantitative estimate of drug-likeness (QED) is 0.470. The first kappa shape index (κ1) is 24.0. The second kappa shape index (κ2) is 9.89. The molecule has 2 aromatic carbocycles. The Balaban J connectivity index is 2.05. The summed E-state index contributed by atoms with van der Waals surface area (Å²) in [6.07, 6.45) is 0. The summed E-state index contributed by atoms with van der Waals surface area (Å²) in [6.45, 7) is 7.99. The molecule has 0 N–H and O–H groups in total. The van der Waals surface area contributed by atoms with Gasteiger partial charge in [-0.25, -0.2) is 17.8 Å². The Morgan fingerprint density at radius 1 is 1.06 bits per heavy atom. The zero-order valence-corrected chi connectivity index (χ0v) is 20.1. The first-order valence-electron chi connectivity index (χ1n) is 10.3. The van der Waals surface area contributed by atoms with Crippen molar-refractivity contribution >= 4 is 33.0 Å². The smallest absolute Gasteiger partial charge is 0.258 e. The molecule has 1 aromatic heterocycles. The Labute approximate surface area is 192 Å². The van der Waals surface area contributed by atoms with Crippen LogP contribution < -0.4 is 4.90 Å². The summed E-state index contributed by atoms with van der Waals surface area (Å²) in [7, 11) is -3.74. The molecule has 9 heteroatoms. The van der Waals surface area contributed by atoms with Gasteiger partial charge < -0.3 is 4.90 Å². The van der Waals surface area contributed by atoms with Gasteiger partial charge in [-0.3, -0.25) is 4.79 Å². The number of sulfonamides is 1. The van der Waals surface area contributed by atoms with E-state index in [0.29, 0.717) is 30.0 Å². The molecule has 0 aliphatic carbocycles. The molecule has 1 amide bonds. The highest BCUT2D eigenvalue weighted by atomic mass is 32.2. The van der Waals surface area contributed by atoms with E-state index in [-0.39, 0.29) is 17.0 Å². The normalized spacial score (nSPS) is 11.7. The van der Waals surface area contributed by atoms with Crippen LogP contribution in [0.15, 0.2) is 52.7 Å². The lowest BCUT2D eigenvalue weighted by Crippen LogP contribution is -2.32. The predicted molar refractivity (Wildman–Crippen MR) is 125 cm³/mol. The van der Waals surface area contributed by atoms with Crippen molar-refractivity contribution in [2.45, 2.75) is 39.1 Å². The molecule has 0 radical (unpaired) electrons. The predicted octanol–water partition coefficient (Wildman–Crippen LogP) is 4.78. The van der Waals surface area contributed by atoms with Gasteiger partial charge in [0.1, 0.15) is 5.82 Å². The molecule has 6 nitrogen and oxygen atoms in total. The monoisotopic (exact) mass is 475 g/mol. The lowest BCUT2D eigenvalue weighted by molar-refractivity contribution is 0.0984. The SMILES string of the molecule is CCN(CC)S(=O)(=O)c1cc(C(=O)N(Cc2csc(C)n2)c2ccc(F)cc2)ccc1C. The molecule has 0 spiro atoms. The molecular formula is C23H26FN3O3S2. The summed E-state index contributed by atoms with van der Waals surface area (Å²) >= 11 is 1.47. The van der Waals surface area contributed by atoms with Crippen LogP contribution in [-0.2, 0) is 16.6 Å². The molecule has 0 saturated carbocycles.